The summed E-state index contributed by atoms with van der Waals surface area (Å²) >= 11 is 6.05. The summed E-state index contributed by atoms with van der Waals surface area (Å²) in [6.07, 6.45) is 1.16. The summed E-state index contributed by atoms with van der Waals surface area (Å²) in [6.45, 7) is 1.89. The summed E-state index contributed by atoms with van der Waals surface area (Å²) < 4.78 is 5.03. The molecule has 0 radical (unpaired) electrons. The lowest BCUT2D eigenvalue weighted by Gasteiger charge is -2.14. The van der Waals surface area contributed by atoms with Crippen molar-refractivity contribution in [1.29, 1.82) is 0 Å². The van der Waals surface area contributed by atoms with Crippen LogP contribution >= 0.6 is 11.6 Å². The van der Waals surface area contributed by atoms with E-state index in [-0.39, 0.29) is 0 Å². The molecule has 2 rings (SSSR count). The zero-order chi connectivity index (χ0) is 13.8. The Balaban J connectivity index is 2.20. The van der Waals surface area contributed by atoms with Gasteiger partial charge in [-0.2, -0.15) is 0 Å². The van der Waals surface area contributed by atoms with Gasteiger partial charge in [0, 0.05) is 17.5 Å². The molecule has 0 aliphatic heterocycles. The highest BCUT2D eigenvalue weighted by Gasteiger charge is 2.14. The molecule has 1 aromatic heterocycles. The summed E-state index contributed by atoms with van der Waals surface area (Å²) in [4.78, 5) is 8.05. The van der Waals surface area contributed by atoms with Gasteiger partial charge in [-0.05, 0) is 24.1 Å². The first-order valence-corrected chi connectivity index (χ1v) is 6.27. The number of hydrogen-bond donors (Lipinski definition) is 1. The van der Waals surface area contributed by atoms with Crippen LogP contribution in [0.3, 0.4) is 0 Å². The molecule has 0 aliphatic carbocycles. The van der Waals surface area contributed by atoms with Crippen LogP contribution in [0.15, 0.2) is 30.6 Å². The van der Waals surface area contributed by atoms with E-state index >= 15 is 0 Å². The molecule has 2 aromatic rings. The van der Waals surface area contributed by atoms with Gasteiger partial charge in [0.1, 0.15) is 6.33 Å². The summed E-state index contributed by atoms with van der Waals surface area (Å²) in [6, 6.07) is 7.21. The third-order valence-electron chi connectivity index (χ3n) is 2.98. The molecule has 1 unspecified atom stereocenters. The summed E-state index contributed by atoms with van der Waals surface area (Å²) in [5, 5.41) is 10.9. The van der Waals surface area contributed by atoms with E-state index in [2.05, 4.69) is 9.97 Å². The molecule has 5 heteroatoms. The number of aliphatic hydroxyl groups excluding tert-OH is 1. The Kier molecular flexibility index (Phi) is 4.35. The quantitative estimate of drug-likeness (QED) is 0.934. The van der Waals surface area contributed by atoms with E-state index < -0.39 is 6.10 Å². The highest BCUT2D eigenvalue weighted by Crippen LogP contribution is 2.26. The third-order valence-corrected chi connectivity index (χ3v) is 3.39. The van der Waals surface area contributed by atoms with E-state index in [0.29, 0.717) is 17.3 Å². The van der Waals surface area contributed by atoms with Crippen molar-refractivity contribution in [1.82, 2.24) is 9.97 Å². The van der Waals surface area contributed by atoms with Crippen molar-refractivity contribution in [3.63, 3.8) is 0 Å². The number of hydrogen-bond acceptors (Lipinski definition) is 4. The number of aromatic nitrogens is 2. The number of methoxy groups -OCH3 is 1. The topological polar surface area (TPSA) is 55.2 Å². The maximum Gasteiger partial charge on any atom is 0.216 e. The molecule has 1 aromatic carbocycles. The zero-order valence-corrected chi connectivity index (χ0v) is 11.6. The molecule has 0 bridgehead atoms. The van der Waals surface area contributed by atoms with Crippen molar-refractivity contribution < 1.29 is 9.84 Å². The van der Waals surface area contributed by atoms with Crippen molar-refractivity contribution in [2.45, 2.75) is 19.4 Å². The number of rotatable bonds is 4. The molecule has 1 N–H and O–H groups in total. The Morgan fingerprint density at radius 3 is 2.89 bits per heavy atom. The summed E-state index contributed by atoms with van der Waals surface area (Å²) in [7, 11) is 1.55. The van der Waals surface area contributed by atoms with Crippen LogP contribution in [-0.2, 0) is 6.42 Å². The SMILES string of the molecule is COc1cc(CC(O)c2cccc(Cl)c2C)ncn1. The summed E-state index contributed by atoms with van der Waals surface area (Å²) in [5.74, 6) is 0.486. The van der Waals surface area contributed by atoms with Crippen LogP contribution in [0.2, 0.25) is 5.02 Å². The van der Waals surface area contributed by atoms with Crippen LogP contribution in [0.1, 0.15) is 22.9 Å². The van der Waals surface area contributed by atoms with Gasteiger partial charge in [0.15, 0.2) is 0 Å². The van der Waals surface area contributed by atoms with Gasteiger partial charge in [0.05, 0.1) is 18.9 Å². The molecule has 4 nitrogen and oxygen atoms in total. The van der Waals surface area contributed by atoms with Gasteiger partial charge in [0.25, 0.3) is 0 Å². The van der Waals surface area contributed by atoms with Crippen LogP contribution in [-0.4, -0.2) is 22.2 Å². The van der Waals surface area contributed by atoms with Crippen molar-refractivity contribution in [2.24, 2.45) is 0 Å². The highest BCUT2D eigenvalue weighted by molar-refractivity contribution is 6.31. The highest BCUT2D eigenvalue weighted by atomic mass is 35.5. The Hall–Kier alpha value is -1.65. The van der Waals surface area contributed by atoms with Crippen molar-refractivity contribution in [3.8, 4) is 5.88 Å². The average molecular weight is 279 g/mol. The van der Waals surface area contributed by atoms with Crippen LogP contribution < -0.4 is 4.74 Å². The molecule has 1 atom stereocenters. The second-order valence-electron chi connectivity index (χ2n) is 4.23. The van der Waals surface area contributed by atoms with Gasteiger partial charge in [-0.25, -0.2) is 9.97 Å². The Morgan fingerprint density at radius 1 is 1.37 bits per heavy atom. The Bertz CT molecular complexity index is 575. The second-order valence-corrected chi connectivity index (χ2v) is 4.63. The average Bonchev–Trinajstić information content (AvgIpc) is 2.42. The number of nitrogens with zero attached hydrogens (tertiary/aromatic N) is 2. The predicted molar refractivity (Wildman–Crippen MR) is 73.4 cm³/mol. The minimum atomic E-state index is -0.654. The third kappa shape index (κ3) is 3.22. The lowest BCUT2D eigenvalue weighted by atomic mass is 10.00. The van der Waals surface area contributed by atoms with Gasteiger partial charge in [-0.1, -0.05) is 23.7 Å². The van der Waals surface area contributed by atoms with Crippen LogP contribution in [0.25, 0.3) is 0 Å². The zero-order valence-electron chi connectivity index (χ0n) is 10.8. The number of benzene rings is 1. The first-order valence-electron chi connectivity index (χ1n) is 5.90. The van der Waals surface area contributed by atoms with Crippen LogP contribution in [0, 0.1) is 6.92 Å². The van der Waals surface area contributed by atoms with Crippen molar-refractivity contribution in [3.05, 3.63) is 52.4 Å². The van der Waals surface area contributed by atoms with Crippen LogP contribution in [0.4, 0.5) is 0 Å². The number of aliphatic hydroxyl groups is 1. The minimum Gasteiger partial charge on any atom is -0.481 e. The Morgan fingerprint density at radius 2 is 2.16 bits per heavy atom. The van der Waals surface area contributed by atoms with Crippen molar-refractivity contribution >= 4 is 11.6 Å². The molecular formula is C14H15ClN2O2. The molecule has 100 valence electrons. The van der Waals surface area contributed by atoms with Gasteiger partial charge in [-0.3, -0.25) is 0 Å². The van der Waals surface area contributed by atoms with Gasteiger partial charge < -0.3 is 9.84 Å². The smallest absolute Gasteiger partial charge is 0.216 e. The first kappa shape index (κ1) is 13.8. The molecule has 0 aliphatic rings. The molecule has 0 saturated heterocycles. The minimum absolute atomic E-state index is 0.389. The van der Waals surface area contributed by atoms with Gasteiger partial charge in [-0.15, -0.1) is 0 Å². The predicted octanol–water partition coefficient (Wildman–Crippen LogP) is 2.72. The lowest BCUT2D eigenvalue weighted by Crippen LogP contribution is -2.06. The van der Waals surface area contributed by atoms with E-state index in [4.69, 9.17) is 16.3 Å². The Labute approximate surface area is 117 Å². The molecule has 0 saturated carbocycles. The lowest BCUT2D eigenvalue weighted by molar-refractivity contribution is 0.176. The van der Waals surface area contributed by atoms with Crippen molar-refractivity contribution in [2.75, 3.05) is 7.11 Å². The maximum absolute atomic E-state index is 10.3. The maximum atomic E-state index is 10.3. The molecule has 0 spiro atoms. The summed E-state index contributed by atoms with van der Waals surface area (Å²) in [5.41, 5.74) is 2.42. The van der Waals surface area contributed by atoms with Gasteiger partial charge in [0.2, 0.25) is 5.88 Å². The second kappa shape index (κ2) is 5.99. The fraction of sp³-hybridized carbons (Fsp3) is 0.286. The fourth-order valence-corrected chi connectivity index (χ4v) is 2.08. The van der Waals surface area contributed by atoms with E-state index in [9.17, 15) is 5.11 Å². The van der Waals surface area contributed by atoms with E-state index in [1.165, 1.54) is 6.33 Å². The van der Waals surface area contributed by atoms with Gasteiger partial charge >= 0.3 is 0 Å². The molecule has 0 amide bonds. The molecule has 0 fully saturated rings. The largest absolute Gasteiger partial charge is 0.481 e. The standard InChI is InChI=1S/C14H15ClN2O2/c1-9-11(4-3-5-12(9)15)13(18)6-10-7-14(19-2)17-8-16-10/h3-5,7-8,13,18H,6H2,1-2H3. The fourth-order valence-electron chi connectivity index (χ4n) is 1.89. The normalized spacial score (nSPS) is 12.2. The first-order chi connectivity index (χ1) is 9.11. The van der Waals surface area contributed by atoms with E-state index in [1.54, 1.807) is 19.2 Å². The molecule has 1 heterocycles. The monoisotopic (exact) mass is 278 g/mol. The molecule has 19 heavy (non-hydrogen) atoms. The molecular weight excluding hydrogens is 264 g/mol. The van der Waals surface area contributed by atoms with Crippen LogP contribution in [0.5, 0.6) is 5.88 Å². The number of halogens is 1. The van der Waals surface area contributed by atoms with E-state index in [0.717, 1.165) is 16.8 Å². The van der Waals surface area contributed by atoms with E-state index in [1.807, 2.05) is 19.1 Å². The number of ether oxygens (including phenoxy) is 1.